The van der Waals surface area contributed by atoms with Gasteiger partial charge in [0, 0.05) is 6.07 Å². The van der Waals surface area contributed by atoms with Gasteiger partial charge in [-0.05, 0) is 31.2 Å². The number of ether oxygens (including phenoxy) is 2. The molecule has 26 heavy (non-hydrogen) atoms. The molecule has 0 saturated heterocycles. The minimum absolute atomic E-state index is 0.0646. The Bertz CT molecular complexity index is 889. The van der Waals surface area contributed by atoms with Gasteiger partial charge in [0.15, 0.2) is 18.1 Å². The summed E-state index contributed by atoms with van der Waals surface area (Å²) in [5, 5.41) is 11.7. The fourth-order valence-corrected chi connectivity index (χ4v) is 2.64. The van der Waals surface area contributed by atoms with Gasteiger partial charge in [-0.25, -0.2) is 0 Å². The number of nitrogens with zero attached hydrogens (tertiary/aromatic N) is 2. The van der Waals surface area contributed by atoms with Crippen molar-refractivity contribution in [3.8, 4) is 17.6 Å². The predicted octanol–water partition coefficient (Wildman–Crippen LogP) is 2.32. The molecule has 0 atom stereocenters. The molecule has 0 saturated carbocycles. The minimum atomic E-state index is -0.348. The van der Waals surface area contributed by atoms with E-state index in [1.165, 1.54) is 4.90 Å². The van der Waals surface area contributed by atoms with Crippen LogP contribution in [0.5, 0.6) is 11.5 Å². The van der Waals surface area contributed by atoms with Gasteiger partial charge in [-0.1, -0.05) is 12.1 Å². The number of carbonyl (C=O) groups is 2. The third-order valence-corrected chi connectivity index (χ3v) is 3.80. The van der Waals surface area contributed by atoms with Crippen molar-refractivity contribution >= 4 is 23.2 Å². The Hall–Kier alpha value is -3.53. The third-order valence-electron chi connectivity index (χ3n) is 3.80. The molecule has 0 bridgehead atoms. The van der Waals surface area contributed by atoms with Crippen LogP contribution < -0.4 is 19.7 Å². The number of benzene rings is 2. The van der Waals surface area contributed by atoms with Crippen molar-refractivity contribution in [2.45, 2.75) is 6.92 Å². The summed E-state index contributed by atoms with van der Waals surface area (Å²) in [7, 11) is 0. The summed E-state index contributed by atoms with van der Waals surface area (Å²) in [4.78, 5) is 25.8. The molecule has 0 aromatic heterocycles. The van der Waals surface area contributed by atoms with Crippen molar-refractivity contribution in [3.05, 3.63) is 48.0 Å². The summed E-state index contributed by atoms with van der Waals surface area (Å²) in [6, 6.07) is 13.9. The number of nitriles is 1. The summed E-state index contributed by atoms with van der Waals surface area (Å²) in [6.07, 6.45) is 0. The molecule has 132 valence electrons. The van der Waals surface area contributed by atoms with Crippen LogP contribution in [0.4, 0.5) is 11.4 Å². The number of anilines is 2. The molecule has 0 aliphatic carbocycles. The van der Waals surface area contributed by atoms with Crippen LogP contribution >= 0.6 is 0 Å². The number of carbonyl (C=O) groups excluding carboxylic acids is 2. The molecule has 0 fully saturated rings. The summed E-state index contributed by atoms with van der Waals surface area (Å²) in [6.45, 7) is 1.90. The highest BCUT2D eigenvalue weighted by Gasteiger charge is 2.27. The monoisotopic (exact) mass is 351 g/mol. The Morgan fingerprint density at radius 3 is 2.81 bits per heavy atom. The maximum Gasteiger partial charge on any atom is 0.265 e. The van der Waals surface area contributed by atoms with Crippen molar-refractivity contribution in [2.24, 2.45) is 0 Å². The highest BCUT2D eigenvalue weighted by molar-refractivity contribution is 6.10. The summed E-state index contributed by atoms with van der Waals surface area (Å²) >= 11 is 0. The van der Waals surface area contributed by atoms with Crippen molar-refractivity contribution < 1.29 is 19.1 Å². The van der Waals surface area contributed by atoms with Crippen molar-refractivity contribution in [1.82, 2.24) is 0 Å². The molecule has 2 aromatic carbocycles. The Kier molecular flexibility index (Phi) is 5.04. The van der Waals surface area contributed by atoms with Crippen LogP contribution in [0.15, 0.2) is 42.5 Å². The van der Waals surface area contributed by atoms with Gasteiger partial charge in [-0.2, -0.15) is 5.26 Å². The molecule has 1 aliphatic heterocycles. The van der Waals surface area contributed by atoms with Gasteiger partial charge in [0.05, 0.1) is 29.6 Å². The van der Waals surface area contributed by atoms with Gasteiger partial charge < -0.3 is 14.8 Å². The number of para-hydroxylation sites is 2. The van der Waals surface area contributed by atoms with E-state index >= 15 is 0 Å². The molecule has 0 radical (unpaired) electrons. The van der Waals surface area contributed by atoms with Crippen LogP contribution in [-0.4, -0.2) is 31.6 Å². The van der Waals surface area contributed by atoms with E-state index in [9.17, 15) is 9.59 Å². The van der Waals surface area contributed by atoms with E-state index in [1.54, 1.807) is 42.5 Å². The van der Waals surface area contributed by atoms with E-state index in [1.807, 2.05) is 13.0 Å². The second-order valence-electron chi connectivity index (χ2n) is 5.54. The lowest BCUT2D eigenvalue weighted by molar-refractivity contribution is -0.123. The third kappa shape index (κ3) is 3.59. The second-order valence-corrected chi connectivity index (χ2v) is 5.54. The molecule has 7 heteroatoms. The second kappa shape index (κ2) is 7.57. The standard InChI is InChI=1S/C19H17N3O4/c1-2-25-17-9-13(10-20)7-8-16(17)26-12-19(24)22-11-18(23)21-14-5-3-4-6-15(14)22/h3-9H,2,11-12H2,1H3,(H,21,23). The molecule has 2 amide bonds. The average molecular weight is 351 g/mol. The Balaban J connectivity index is 1.76. The molecule has 7 nitrogen and oxygen atoms in total. The molecule has 0 unspecified atom stereocenters. The molecule has 1 N–H and O–H groups in total. The van der Waals surface area contributed by atoms with Crippen LogP contribution in [0.1, 0.15) is 12.5 Å². The molecule has 0 spiro atoms. The number of nitrogens with one attached hydrogen (secondary N) is 1. The van der Waals surface area contributed by atoms with Crippen molar-refractivity contribution in [3.63, 3.8) is 0 Å². The number of hydrogen-bond acceptors (Lipinski definition) is 5. The first-order chi connectivity index (χ1) is 12.6. The summed E-state index contributed by atoms with van der Waals surface area (Å²) < 4.78 is 11.1. The topological polar surface area (TPSA) is 91.7 Å². The Morgan fingerprint density at radius 1 is 1.23 bits per heavy atom. The zero-order valence-corrected chi connectivity index (χ0v) is 14.2. The summed E-state index contributed by atoms with van der Waals surface area (Å²) in [5.41, 5.74) is 1.66. The van der Waals surface area contributed by atoms with Gasteiger partial charge in [-0.3, -0.25) is 14.5 Å². The lowest BCUT2D eigenvalue weighted by Gasteiger charge is -2.29. The highest BCUT2D eigenvalue weighted by Crippen LogP contribution is 2.30. The van der Waals surface area contributed by atoms with Crippen LogP contribution in [-0.2, 0) is 9.59 Å². The lowest BCUT2D eigenvalue weighted by Crippen LogP contribution is -2.44. The molecular weight excluding hydrogens is 334 g/mol. The maximum absolute atomic E-state index is 12.6. The quantitative estimate of drug-likeness (QED) is 0.892. The molecule has 1 heterocycles. The first kappa shape index (κ1) is 17.3. The van der Waals surface area contributed by atoms with Gasteiger partial charge in [0.1, 0.15) is 6.54 Å². The first-order valence-corrected chi connectivity index (χ1v) is 8.11. The van der Waals surface area contributed by atoms with Crippen molar-refractivity contribution in [1.29, 1.82) is 5.26 Å². The smallest absolute Gasteiger partial charge is 0.265 e. The fraction of sp³-hybridized carbons (Fsp3) is 0.211. The van der Waals surface area contributed by atoms with Crippen LogP contribution in [0, 0.1) is 11.3 Å². The van der Waals surface area contributed by atoms with E-state index in [0.717, 1.165) is 0 Å². The normalized spacial score (nSPS) is 12.6. The maximum atomic E-state index is 12.6. The zero-order valence-electron chi connectivity index (χ0n) is 14.2. The summed E-state index contributed by atoms with van der Waals surface area (Å²) in [5.74, 6) is 0.162. The van der Waals surface area contributed by atoms with Crippen LogP contribution in [0.3, 0.4) is 0 Å². The van der Waals surface area contributed by atoms with E-state index in [4.69, 9.17) is 14.7 Å². The number of hydrogen-bond donors (Lipinski definition) is 1. The van der Waals surface area contributed by atoms with E-state index in [-0.39, 0.29) is 25.0 Å². The lowest BCUT2D eigenvalue weighted by atomic mass is 10.2. The number of rotatable bonds is 5. The predicted molar refractivity (Wildman–Crippen MR) is 95.2 cm³/mol. The fourth-order valence-electron chi connectivity index (χ4n) is 2.64. The largest absolute Gasteiger partial charge is 0.490 e. The molecule has 1 aliphatic rings. The number of amides is 2. The van der Waals surface area contributed by atoms with E-state index in [2.05, 4.69) is 5.32 Å². The van der Waals surface area contributed by atoms with Gasteiger partial charge in [0.2, 0.25) is 5.91 Å². The Labute approximate surface area is 150 Å². The number of fused-ring (bicyclic) bond motifs is 1. The minimum Gasteiger partial charge on any atom is -0.490 e. The molecular formula is C19H17N3O4. The van der Waals surface area contributed by atoms with Gasteiger partial charge >= 0.3 is 0 Å². The van der Waals surface area contributed by atoms with Gasteiger partial charge in [0.25, 0.3) is 5.91 Å². The SMILES string of the molecule is CCOc1cc(C#N)ccc1OCC(=O)N1CC(=O)Nc2ccccc21. The first-order valence-electron chi connectivity index (χ1n) is 8.11. The molecule has 3 rings (SSSR count). The Morgan fingerprint density at radius 2 is 2.04 bits per heavy atom. The highest BCUT2D eigenvalue weighted by atomic mass is 16.5. The van der Waals surface area contributed by atoms with Crippen molar-refractivity contribution in [2.75, 3.05) is 30.0 Å². The van der Waals surface area contributed by atoms with Crippen LogP contribution in [0.25, 0.3) is 0 Å². The van der Waals surface area contributed by atoms with Gasteiger partial charge in [-0.15, -0.1) is 0 Å². The zero-order chi connectivity index (χ0) is 18.5. The molecule has 2 aromatic rings. The van der Waals surface area contributed by atoms with E-state index < -0.39 is 0 Å². The average Bonchev–Trinajstić information content (AvgIpc) is 2.66. The van der Waals surface area contributed by atoms with E-state index in [0.29, 0.717) is 35.0 Å². The van der Waals surface area contributed by atoms with Crippen LogP contribution in [0.2, 0.25) is 0 Å².